The van der Waals surface area contributed by atoms with Gasteiger partial charge in [-0.2, -0.15) is 0 Å². The van der Waals surface area contributed by atoms with Crippen LogP contribution in [0.15, 0.2) is 18.2 Å². The second-order valence-corrected chi connectivity index (χ2v) is 4.88. The average Bonchev–Trinajstić information content (AvgIpc) is 2.47. The van der Waals surface area contributed by atoms with Crippen molar-refractivity contribution in [2.75, 3.05) is 45.6 Å². The SMILES string of the molecule is COC(=O)CN1CCN(C(=O)c2ccc(F)cc2N)CC1. The number of nitrogens with two attached hydrogens (primary N) is 1. The number of hydrogen-bond donors (Lipinski definition) is 1. The number of benzene rings is 1. The number of nitrogens with zero attached hydrogens (tertiary/aromatic N) is 2. The first-order chi connectivity index (χ1) is 10.0. The zero-order valence-corrected chi connectivity index (χ0v) is 11.8. The van der Waals surface area contributed by atoms with Gasteiger partial charge in [-0.05, 0) is 18.2 Å². The van der Waals surface area contributed by atoms with Crippen LogP contribution in [0.4, 0.5) is 10.1 Å². The van der Waals surface area contributed by atoms with Gasteiger partial charge in [0.25, 0.3) is 5.91 Å². The summed E-state index contributed by atoms with van der Waals surface area (Å²) >= 11 is 0. The Morgan fingerprint density at radius 1 is 1.29 bits per heavy atom. The Morgan fingerprint density at radius 2 is 1.95 bits per heavy atom. The number of piperazine rings is 1. The van der Waals surface area contributed by atoms with E-state index in [1.54, 1.807) is 4.90 Å². The quantitative estimate of drug-likeness (QED) is 0.643. The van der Waals surface area contributed by atoms with Crippen molar-refractivity contribution in [1.82, 2.24) is 9.80 Å². The van der Waals surface area contributed by atoms with Gasteiger partial charge in [0, 0.05) is 31.9 Å². The molecule has 21 heavy (non-hydrogen) atoms. The molecular weight excluding hydrogens is 277 g/mol. The average molecular weight is 295 g/mol. The van der Waals surface area contributed by atoms with Crippen molar-refractivity contribution < 1.29 is 18.7 Å². The van der Waals surface area contributed by atoms with Crippen LogP contribution in [0.25, 0.3) is 0 Å². The normalized spacial score (nSPS) is 15.8. The summed E-state index contributed by atoms with van der Waals surface area (Å²) < 4.78 is 17.6. The van der Waals surface area contributed by atoms with Crippen molar-refractivity contribution in [3.8, 4) is 0 Å². The lowest BCUT2D eigenvalue weighted by atomic mass is 10.1. The molecule has 1 aliphatic heterocycles. The molecule has 114 valence electrons. The van der Waals surface area contributed by atoms with Crippen LogP contribution >= 0.6 is 0 Å². The third kappa shape index (κ3) is 3.69. The van der Waals surface area contributed by atoms with E-state index in [0.29, 0.717) is 31.7 Å². The fraction of sp³-hybridized carbons (Fsp3) is 0.429. The third-order valence-corrected chi connectivity index (χ3v) is 3.48. The van der Waals surface area contributed by atoms with Gasteiger partial charge in [0.2, 0.25) is 0 Å². The minimum absolute atomic E-state index is 0.136. The first kappa shape index (κ1) is 15.2. The smallest absolute Gasteiger partial charge is 0.319 e. The predicted octanol–water partition coefficient (Wildman–Crippen LogP) is 0.339. The van der Waals surface area contributed by atoms with Crippen LogP contribution < -0.4 is 5.73 Å². The second kappa shape index (κ2) is 6.53. The topological polar surface area (TPSA) is 75.9 Å². The molecule has 0 aliphatic carbocycles. The summed E-state index contributed by atoms with van der Waals surface area (Å²) in [7, 11) is 1.35. The fourth-order valence-electron chi connectivity index (χ4n) is 2.25. The highest BCUT2D eigenvalue weighted by Gasteiger charge is 2.24. The molecule has 1 aromatic rings. The van der Waals surface area contributed by atoms with E-state index in [9.17, 15) is 14.0 Å². The molecule has 7 heteroatoms. The van der Waals surface area contributed by atoms with E-state index in [2.05, 4.69) is 4.74 Å². The minimum Gasteiger partial charge on any atom is -0.468 e. The number of amides is 1. The molecular formula is C14H18FN3O3. The summed E-state index contributed by atoms with van der Waals surface area (Å²) in [6, 6.07) is 3.76. The summed E-state index contributed by atoms with van der Waals surface area (Å²) in [5, 5.41) is 0. The highest BCUT2D eigenvalue weighted by Crippen LogP contribution is 2.17. The zero-order chi connectivity index (χ0) is 15.4. The maximum atomic E-state index is 13.0. The van der Waals surface area contributed by atoms with Crippen LogP contribution in [-0.2, 0) is 9.53 Å². The van der Waals surface area contributed by atoms with Crippen LogP contribution in [0, 0.1) is 5.82 Å². The van der Waals surface area contributed by atoms with Gasteiger partial charge in [-0.15, -0.1) is 0 Å². The number of methoxy groups -OCH3 is 1. The van der Waals surface area contributed by atoms with Gasteiger partial charge < -0.3 is 15.4 Å². The molecule has 2 rings (SSSR count). The van der Waals surface area contributed by atoms with Crippen molar-refractivity contribution in [2.24, 2.45) is 0 Å². The van der Waals surface area contributed by atoms with E-state index < -0.39 is 5.82 Å². The number of hydrogen-bond acceptors (Lipinski definition) is 5. The van der Waals surface area contributed by atoms with Crippen LogP contribution in [0.5, 0.6) is 0 Å². The van der Waals surface area contributed by atoms with Gasteiger partial charge in [-0.25, -0.2) is 4.39 Å². The highest BCUT2D eigenvalue weighted by molar-refractivity contribution is 5.99. The van der Waals surface area contributed by atoms with Crippen molar-refractivity contribution >= 4 is 17.6 Å². The number of carbonyl (C=O) groups excluding carboxylic acids is 2. The monoisotopic (exact) mass is 295 g/mol. The van der Waals surface area contributed by atoms with Gasteiger partial charge in [-0.3, -0.25) is 14.5 Å². The number of anilines is 1. The molecule has 1 aromatic carbocycles. The molecule has 2 N–H and O–H groups in total. The number of rotatable bonds is 3. The molecule has 1 fully saturated rings. The molecule has 6 nitrogen and oxygen atoms in total. The Hall–Kier alpha value is -2.15. The lowest BCUT2D eigenvalue weighted by molar-refractivity contribution is -0.142. The maximum absolute atomic E-state index is 13.0. The predicted molar refractivity (Wildman–Crippen MR) is 75.2 cm³/mol. The number of esters is 1. The zero-order valence-electron chi connectivity index (χ0n) is 11.8. The Morgan fingerprint density at radius 3 is 2.52 bits per heavy atom. The van der Waals surface area contributed by atoms with Crippen LogP contribution in [0.2, 0.25) is 0 Å². The summed E-state index contributed by atoms with van der Waals surface area (Å²) in [6.07, 6.45) is 0. The largest absolute Gasteiger partial charge is 0.468 e. The molecule has 0 atom stereocenters. The molecule has 1 saturated heterocycles. The summed E-state index contributed by atoms with van der Waals surface area (Å²) in [5.74, 6) is -0.977. The van der Waals surface area contributed by atoms with Crippen LogP contribution in [0.1, 0.15) is 10.4 Å². The standard InChI is InChI=1S/C14H18FN3O3/c1-21-13(19)9-17-4-6-18(7-5-17)14(20)11-3-2-10(15)8-12(11)16/h2-3,8H,4-7,9,16H2,1H3. The van der Waals surface area contributed by atoms with Crippen molar-refractivity contribution in [3.63, 3.8) is 0 Å². The molecule has 0 bridgehead atoms. The number of halogens is 1. The third-order valence-electron chi connectivity index (χ3n) is 3.48. The van der Waals surface area contributed by atoms with E-state index in [1.165, 1.54) is 19.2 Å². The minimum atomic E-state index is -0.466. The van der Waals surface area contributed by atoms with Crippen molar-refractivity contribution in [3.05, 3.63) is 29.6 Å². The Balaban J connectivity index is 1.95. The van der Waals surface area contributed by atoms with E-state index in [-0.39, 0.29) is 24.1 Å². The molecule has 1 aliphatic rings. The van der Waals surface area contributed by atoms with Gasteiger partial charge >= 0.3 is 5.97 Å². The molecule has 0 spiro atoms. The van der Waals surface area contributed by atoms with Crippen LogP contribution in [0.3, 0.4) is 0 Å². The first-order valence-electron chi connectivity index (χ1n) is 6.64. The fourth-order valence-corrected chi connectivity index (χ4v) is 2.25. The molecule has 0 radical (unpaired) electrons. The summed E-state index contributed by atoms with van der Waals surface area (Å²) in [5.41, 5.74) is 6.12. The number of ether oxygens (including phenoxy) is 1. The molecule has 1 amide bonds. The lowest BCUT2D eigenvalue weighted by Crippen LogP contribution is -2.50. The Kier molecular flexibility index (Phi) is 4.74. The number of nitrogen functional groups attached to an aromatic ring is 1. The molecule has 1 heterocycles. The van der Waals surface area contributed by atoms with Gasteiger partial charge in [0.1, 0.15) is 5.82 Å². The Labute approximate surface area is 122 Å². The first-order valence-corrected chi connectivity index (χ1v) is 6.64. The molecule has 0 aromatic heterocycles. The van der Waals surface area contributed by atoms with Crippen LogP contribution in [-0.4, -0.2) is 61.5 Å². The lowest BCUT2D eigenvalue weighted by Gasteiger charge is -2.34. The van der Waals surface area contributed by atoms with E-state index in [0.717, 1.165) is 6.07 Å². The van der Waals surface area contributed by atoms with E-state index in [1.807, 2.05) is 4.90 Å². The number of carbonyl (C=O) groups is 2. The highest BCUT2D eigenvalue weighted by atomic mass is 19.1. The Bertz CT molecular complexity index is 542. The molecule has 0 unspecified atom stereocenters. The van der Waals surface area contributed by atoms with Crippen molar-refractivity contribution in [2.45, 2.75) is 0 Å². The summed E-state index contributed by atoms with van der Waals surface area (Å²) in [6.45, 7) is 2.38. The summed E-state index contributed by atoms with van der Waals surface area (Å²) in [4.78, 5) is 27.1. The van der Waals surface area contributed by atoms with E-state index in [4.69, 9.17) is 5.73 Å². The maximum Gasteiger partial charge on any atom is 0.319 e. The van der Waals surface area contributed by atoms with E-state index >= 15 is 0 Å². The van der Waals surface area contributed by atoms with Gasteiger partial charge in [0.05, 0.1) is 19.2 Å². The van der Waals surface area contributed by atoms with Gasteiger partial charge in [0.15, 0.2) is 0 Å². The second-order valence-electron chi connectivity index (χ2n) is 4.88. The molecule has 0 saturated carbocycles. The van der Waals surface area contributed by atoms with Crippen molar-refractivity contribution in [1.29, 1.82) is 0 Å². The van der Waals surface area contributed by atoms with Gasteiger partial charge in [-0.1, -0.05) is 0 Å².